The molecule has 2 heterocycles. The average Bonchev–Trinajstić information content (AvgIpc) is 3.22. The number of benzene rings is 2. The third-order valence-electron chi connectivity index (χ3n) is 4.99. The van der Waals surface area contributed by atoms with E-state index in [1.807, 2.05) is 12.1 Å². The van der Waals surface area contributed by atoms with Crippen LogP contribution in [0.1, 0.15) is 5.89 Å². The van der Waals surface area contributed by atoms with Crippen molar-refractivity contribution < 1.29 is 9.32 Å². The van der Waals surface area contributed by atoms with Crippen molar-refractivity contribution in [2.75, 3.05) is 38.0 Å². The van der Waals surface area contributed by atoms with Crippen molar-refractivity contribution >= 4 is 46.4 Å². The average molecular weight is 481 g/mol. The Morgan fingerprint density at radius 1 is 1.00 bits per heavy atom. The number of piperazine rings is 1. The number of nitrogens with one attached hydrogen (secondary N) is 1. The molecule has 0 radical (unpaired) electrons. The molecule has 0 saturated carbocycles. The van der Waals surface area contributed by atoms with Crippen LogP contribution in [0.25, 0.3) is 11.4 Å². The van der Waals surface area contributed by atoms with E-state index in [0.717, 1.165) is 31.7 Å². The van der Waals surface area contributed by atoms with E-state index in [9.17, 15) is 4.79 Å². The molecule has 1 aliphatic heterocycles. The molecule has 0 bridgehead atoms. The quantitative estimate of drug-likeness (QED) is 0.562. The first-order valence-corrected chi connectivity index (χ1v) is 10.9. The smallest absolute Gasteiger partial charge is 0.241 e. The second kappa shape index (κ2) is 9.97. The van der Waals surface area contributed by atoms with Crippen molar-refractivity contribution in [1.82, 2.24) is 19.9 Å². The van der Waals surface area contributed by atoms with Crippen molar-refractivity contribution in [2.24, 2.45) is 0 Å². The lowest BCUT2D eigenvalue weighted by Crippen LogP contribution is -2.48. The first-order valence-electron chi connectivity index (χ1n) is 9.75. The molecule has 0 aliphatic carbocycles. The number of rotatable bonds is 6. The molecule has 1 saturated heterocycles. The van der Waals surface area contributed by atoms with Gasteiger partial charge in [-0.2, -0.15) is 4.98 Å². The van der Waals surface area contributed by atoms with E-state index in [0.29, 0.717) is 39.0 Å². The fraction of sp³-hybridized carbons (Fsp3) is 0.286. The zero-order valence-electron chi connectivity index (χ0n) is 16.5. The first kappa shape index (κ1) is 22.0. The van der Waals surface area contributed by atoms with E-state index in [1.165, 1.54) is 0 Å². The van der Waals surface area contributed by atoms with Crippen LogP contribution < -0.4 is 5.32 Å². The number of hydrogen-bond acceptors (Lipinski definition) is 6. The van der Waals surface area contributed by atoms with E-state index in [1.54, 1.807) is 30.3 Å². The molecular weight excluding hydrogens is 461 g/mol. The molecule has 7 nitrogen and oxygen atoms in total. The standard InChI is InChI=1S/C21H20Cl3N5O2/c22-15-6-4-14(5-7-15)21-26-19(31-27-21)13-29-10-8-28(9-11-29)12-18(30)25-17-3-1-2-16(23)20(17)24/h1-7H,8-13H2,(H,25,30). The van der Waals surface area contributed by atoms with Crippen molar-refractivity contribution in [3.63, 3.8) is 0 Å². The number of carbonyl (C=O) groups is 1. The van der Waals surface area contributed by atoms with Crippen molar-refractivity contribution in [2.45, 2.75) is 6.54 Å². The highest BCUT2D eigenvalue weighted by Gasteiger charge is 2.21. The minimum absolute atomic E-state index is 0.123. The van der Waals surface area contributed by atoms with E-state index in [-0.39, 0.29) is 12.5 Å². The molecule has 1 amide bonds. The zero-order chi connectivity index (χ0) is 21.8. The van der Waals surface area contributed by atoms with Crippen LogP contribution in [0.3, 0.4) is 0 Å². The summed E-state index contributed by atoms with van der Waals surface area (Å²) in [4.78, 5) is 21.2. The maximum atomic E-state index is 12.4. The molecule has 10 heteroatoms. The molecule has 1 aliphatic rings. The van der Waals surface area contributed by atoms with Gasteiger partial charge in [-0.1, -0.05) is 46.0 Å². The molecule has 3 aromatic rings. The van der Waals surface area contributed by atoms with Crippen LogP contribution in [0.4, 0.5) is 5.69 Å². The van der Waals surface area contributed by atoms with E-state index < -0.39 is 0 Å². The Balaban J connectivity index is 1.25. The fourth-order valence-corrected chi connectivity index (χ4v) is 3.80. The monoisotopic (exact) mass is 479 g/mol. The van der Waals surface area contributed by atoms with Crippen LogP contribution in [0, 0.1) is 0 Å². The van der Waals surface area contributed by atoms with Crippen molar-refractivity contribution in [3.05, 3.63) is 63.4 Å². The number of aromatic nitrogens is 2. The topological polar surface area (TPSA) is 74.5 Å². The molecule has 4 rings (SSSR count). The predicted molar refractivity (Wildman–Crippen MR) is 122 cm³/mol. The number of hydrogen-bond donors (Lipinski definition) is 1. The number of carbonyl (C=O) groups excluding carboxylic acids is 1. The third-order valence-corrected chi connectivity index (χ3v) is 6.06. The van der Waals surface area contributed by atoms with E-state index in [4.69, 9.17) is 39.3 Å². The summed E-state index contributed by atoms with van der Waals surface area (Å²) in [6.45, 7) is 3.97. The summed E-state index contributed by atoms with van der Waals surface area (Å²) < 4.78 is 5.39. The minimum Gasteiger partial charge on any atom is -0.338 e. The fourth-order valence-electron chi connectivity index (χ4n) is 3.33. The Bertz CT molecular complexity index is 1050. The van der Waals surface area contributed by atoms with E-state index in [2.05, 4.69) is 25.3 Å². The van der Waals surface area contributed by atoms with Crippen LogP contribution in [0.15, 0.2) is 47.0 Å². The molecule has 162 valence electrons. The van der Waals surface area contributed by atoms with Crippen LogP contribution in [-0.2, 0) is 11.3 Å². The molecule has 2 aromatic carbocycles. The number of amides is 1. The van der Waals surface area contributed by atoms with Gasteiger partial charge in [0.2, 0.25) is 17.6 Å². The normalized spacial score (nSPS) is 15.2. The lowest BCUT2D eigenvalue weighted by molar-refractivity contribution is -0.117. The summed E-state index contributed by atoms with van der Waals surface area (Å²) in [5.74, 6) is 0.982. The summed E-state index contributed by atoms with van der Waals surface area (Å²) in [6.07, 6.45) is 0. The summed E-state index contributed by atoms with van der Waals surface area (Å²) in [7, 11) is 0. The summed E-state index contributed by atoms with van der Waals surface area (Å²) >= 11 is 18.0. The van der Waals surface area contributed by atoms with Gasteiger partial charge >= 0.3 is 0 Å². The van der Waals surface area contributed by atoms with Gasteiger partial charge in [-0.15, -0.1) is 0 Å². The SMILES string of the molecule is O=C(CN1CCN(Cc2nc(-c3ccc(Cl)cc3)no2)CC1)Nc1cccc(Cl)c1Cl. The third kappa shape index (κ3) is 5.75. The highest BCUT2D eigenvalue weighted by Crippen LogP contribution is 2.29. The molecule has 1 fully saturated rings. The molecule has 0 atom stereocenters. The summed E-state index contributed by atoms with van der Waals surface area (Å²) in [6, 6.07) is 12.5. The van der Waals surface area contributed by atoms with Gasteiger partial charge in [-0.05, 0) is 36.4 Å². The molecule has 1 aromatic heterocycles. The number of anilines is 1. The second-order valence-corrected chi connectivity index (χ2v) is 8.44. The molecule has 31 heavy (non-hydrogen) atoms. The Kier molecular flexibility index (Phi) is 7.09. The van der Waals surface area contributed by atoms with Crippen molar-refractivity contribution in [1.29, 1.82) is 0 Å². The lowest BCUT2D eigenvalue weighted by atomic mass is 10.2. The second-order valence-electron chi connectivity index (χ2n) is 7.22. The van der Waals surface area contributed by atoms with Gasteiger partial charge < -0.3 is 9.84 Å². The molecule has 1 N–H and O–H groups in total. The van der Waals surface area contributed by atoms with Crippen LogP contribution in [0.2, 0.25) is 15.1 Å². The van der Waals surface area contributed by atoms with Gasteiger partial charge in [-0.3, -0.25) is 14.6 Å². The predicted octanol–water partition coefficient (Wildman–Crippen LogP) is 4.45. The molecule has 0 unspecified atom stereocenters. The molecular formula is C21H20Cl3N5O2. The van der Waals surface area contributed by atoms with Gasteiger partial charge in [0.25, 0.3) is 0 Å². The Hall–Kier alpha value is -2.16. The number of halogens is 3. The maximum absolute atomic E-state index is 12.4. The maximum Gasteiger partial charge on any atom is 0.241 e. The summed E-state index contributed by atoms with van der Waals surface area (Å²) in [5.41, 5.74) is 1.38. The Morgan fingerprint density at radius 2 is 1.71 bits per heavy atom. The Morgan fingerprint density at radius 3 is 2.45 bits per heavy atom. The van der Waals surface area contributed by atoms with Gasteiger partial charge in [0.1, 0.15) is 0 Å². The van der Waals surface area contributed by atoms with Crippen LogP contribution >= 0.6 is 34.8 Å². The van der Waals surface area contributed by atoms with Gasteiger partial charge in [0.15, 0.2) is 0 Å². The van der Waals surface area contributed by atoms with Gasteiger partial charge in [-0.25, -0.2) is 0 Å². The van der Waals surface area contributed by atoms with Crippen LogP contribution in [-0.4, -0.2) is 58.6 Å². The van der Waals surface area contributed by atoms with Gasteiger partial charge in [0, 0.05) is 36.8 Å². The highest BCUT2D eigenvalue weighted by atomic mass is 35.5. The molecule has 0 spiro atoms. The first-order chi connectivity index (χ1) is 15.0. The number of nitrogens with zero attached hydrogens (tertiary/aromatic N) is 4. The van der Waals surface area contributed by atoms with Crippen molar-refractivity contribution in [3.8, 4) is 11.4 Å². The van der Waals surface area contributed by atoms with E-state index >= 15 is 0 Å². The lowest BCUT2D eigenvalue weighted by Gasteiger charge is -2.33. The minimum atomic E-state index is -0.123. The zero-order valence-corrected chi connectivity index (χ0v) is 18.8. The largest absolute Gasteiger partial charge is 0.338 e. The Labute approximate surface area is 194 Å². The van der Waals surface area contributed by atoms with Crippen LogP contribution in [0.5, 0.6) is 0 Å². The highest BCUT2D eigenvalue weighted by molar-refractivity contribution is 6.44. The summed E-state index contributed by atoms with van der Waals surface area (Å²) in [5, 5.41) is 8.29. The van der Waals surface area contributed by atoms with Gasteiger partial charge in [0.05, 0.1) is 28.8 Å².